The van der Waals surface area contributed by atoms with Crippen LogP contribution in [-0.2, 0) is 6.42 Å². The van der Waals surface area contributed by atoms with Gasteiger partial charge in [-0.05, 0) is 23.8 Å². The number of fused-ring (bicyclic) bond motifs is 1. The van der Waals surface area contributed by atoms with E-state index in [1.165, 1.54) is 0 Å². The topological polar surface area (TPSA) is 51.8 Å². The highest BCUT2D eigenvalue weighted by Gasteiger charge is 2.03. The Morgan fingerprint density at radius 2 is 1.94 bits per heavy atom. The molecule has 1 aromatic carbocycles. The second-order valence-corrected chi connectivity index (χ2v) is 4.26. The number of rotatable bonds is 2. The molecule has 2 heterocycles. The van der Waals surface area contributed by atoms with Crippen LogP contribution in [0.3, 0.4) is 0 Å². The summed E-state index contributed by atoms with van der Waals surface area (Å²) in [5.74, 6) is 0. The van der Waals surface area contributed by atoms with Gasteiger partial charge < -0.3 is 5.73 Å². The second kappa shape index (κ2) is 4.45. The summed E-state index contributed by atoms with van der Waals surface area (Å²) in [7, 11) is 0. The van der Waals surface area contributed by atoms with Crippen molar-refractivity contribution < 1.29 is 0 Å². The molecule has 0 radical (unpaired) electrons. The fourth-order valence-corrected chi connectivity index (χ4v) is 2.06. The van der Waals surface area contributed by atoms with Crippen LogP contribution in [0.5, 0.6) is 0 Å². The molecule has 0 fully saturated rings. The Morgan fingerprint density at radius 1 is 1.06 bits per heavy atom. The van der Waals surface area contributed by atoms with Crippen LogP contribution in [-0.4, -0.2) is 9.97 Å². The first-order valence-corrected chi connectivity index (χ1v) is 5.86. The Hall–Kier alpha value is -2.42. The summed E-state index contributed by atoms with van der Waals surface area (Å²) in [4.78, 5) is 8.73. The molecular weight excluding hydrogens is 222 g/mol. The molecule has 88 valence electrons. The largest absolute Gasteiger partial charge is 0.398 e. The van der Waals surface area contributed by atoms with Crippen molar-refractivity contribution in [2.75, 3.05) is 5.73 Å². The average molecular weight is 235 g/mol. The number of nitrogen functional groups attached to an aromatic ring is 1. The van der Waals surface area contributed by atoms with Crippen molar-refractivity contribution >= 4 is 16.6 Å². The van der Waals surface area contributed by atoms with E-state index < -0.39 is 0 Å². The number of nitrogens with zero attached hydrogens (tertiary/aromatic N) is 2. The number of hydrogen-bond acceptors (Lipinski definition) is 3. The van der Waals surface area contributed by atoms with Crippen LogP contribution in [0.15, 0.2) is 54.9 Å². The van der Waals surface area contributed by atoms with Crippen LogP contribution >= 0.6 is 0 Å². The van der Waals surface area contributed by atoms with Crippen molar-refractivity contribution in [1.82, 2.24) is 9.97 Å². The van der Waals surface area contributed by atoms with E-state index in [0.717, 1.165) is 34.3 Å². The Labute approximate surface area is 105 Å². The molecule has 0 bridgehead atoms. The molecule has 18 heavy (non-hydrogen) atoms. The highest BCUT2D eigenvalue weighted by Crippen LogP contribution is 2.21. The normalized spacial score (nSPS) is 10.7. The van der Waals surface area contributed by atoms with Gasteiger partial charge in [0.15, 0.2) is 0 Å². The standard InChI is InChI=1S/C15H13N3/c16-14-9-12(8-11-4-3-7-17-10-11)18-15-6-2-1-5-13(14)15/h1-7,9-10H,8H2,(H2,16,18). The first-order valence-electron chi connectivity index (χ1n) is 5.86. The summed E-state index contributed by atoms with van der Waals surface area (Å²) < 4.78 is 0. The predicted octanol–water partition coefficient (Wildman–Crippen LogP) is 2.80. The van der Waals surface area contributed by atoms with Gasteiger partial charge in [0.2, 0.25) is 0 Å². The van der Waals surface area contributed by atoms with Gasteiger partial charge in [-0.15, -0.1) is 0 Å². The molecule has 0 unspecified atom stereocenters. The van der Waals surface area contributed by atoms with Crippen molar-refractivity contribution in [3.8, 4) is 0 Å². The molecule has 2 N–H and O–H groups in total. The minimum atomic E-state index is 0.753. The molecule has 2 aromatic heterocycles. The van der Waals surface area contributed by atoms with E-state index in [1.54, 1.807) is 6.20 Å². The number of pyridine rings is 2. The number of anilines is 1. The summed E-state index contributed by atoms with van der Waals surface area (Å²) in [6.45, 7) is 0. The summed E-state index contributed by atoms with van der Waals surface area (Å²) in [5, 5.41) is 1.01. The predicted molar refractivity (Wildman–Crippen MR) is 73.2 cm³/mol. The quantitative estimate of drug-likeness (QED) is 0.743. The third kappa shape index (κ3) is 2.02. The highest BCUT2D eigenvalue weighted by atomic mass is 14.7. The fraction of sp³-hybridized carbons (Fsp3) is 0.0667. The van der Waals surface area contributed by atoms with E-state index in [0.29, 0.717) is 0 Å². The average Bonchev–Trinajstić information content (AvgIpc) is 2.40. The van der Waals surface area contributed by atoms with E-state index in [9.17, 15) is 0 Å². The smallest absolute Gasteiger partial charge is 0.0726 e. The van der Waals surface area contributed by atoms with Crippen molar-refractivity contribution in [2.24, 2.45) is 0 Å². The van der Waals surface area contributed by atoms with Crippen LogP contribution < -0.4 is 5.73 Å². The SMILES string of the molecule is Nc1cc(Cc2cccnc2)nc2ccccc12. The summed E-state index contributed by atoms with van der Waals surface area (Å²) >= 11 is 0. The summed E-state index contributed by atoms with van der Waals surface area (Å²) in [5.41, 5.74) is 9.88. The molecule has 0 atom stereocenters. The van der Waals surface area contributed by atoms with Gasteiger partial charge in [0.1, 0.15) is 0 Å². The van der Waals surface area contributed by atoms with Gasteiger partial charge in [0.05, 0.1) is 5.52 Å². The van der Waals surface area contributed by atoms with Gasteiger partial charge in [-0.3, -0.25) is 9.97 Å². The summed E-state index contributed by atoms with van der Waals surface area (Å²) in [6.07, 6.45) is 4.38. The Morgan fingerprint density at radius 3 is 2.78 bits per heavy atom. The molecule has 0 spiro atoms. The van der Waals surface area contributed by atoms with E-state index in [4.69, 9.17) is 5.73 Å². The lowest BCUT2D eigenvalue weighted by Crippen LogP contribution is -1.97. The van der Waals surface area contributed by atoms with Gasteiger partial charge >= 0.3 is 0 Å². The maximum absolute atomic E-state index is 6.06. The minimum Gasteiger partial charge on any atom is -0.398 e. The molecule has 3 nitrogen and oxygen atoms in total. The second-order valence-electron chi connectivity index (χ2n) is 4.26. The molecule has 0 amide bonds. The number of aromatic nitrogens is 2. The molecule has 3 rings (SSSR count). The Bertz CT molecular complexity index is 678. The van der Waals surface area contributed by atoms with E-state index in [1.807, 2.05) is 48.7 Å². The number of para-hydroxylation sites is 1. The zero-order valence-electron chi connectivity index (χ0n) is 9.88. The fourth-order valence-electron chi connectivity index (χ4n) is 2.06. The van der Waals surface area contributed by atoms with Crippen LogP contribution in [0.2, 0.25) is 0 Å². The molecule has 3 aromatic rings. The Kier molecular flexibility index (Phi) is 2.65. The minimum absolute atomic E-state index is 0.753. The van der Waals surface area contributed by atoms with Gasteiger partial charge in [-0.2, -0.15) is 0 Å². The first-order chi connectivity index (χ1) is 8.83. The summed E-state index contributed by atoms with van der Waals surface area (Å²) in [6, 6.07) is 13.8. The van der Waals surface area contributed by atoms with Gasteiger partial charge in [0, 0.05) is 35.6 Å². The van der Waals surface area contributed by atoms with Gasteiger partial charge in [-0.1, -0.05) is 24.3 Å². The third-order valence-corrected chi connectivity index (χ3v) is 2.91. The van der Waals surface area contributed by atoms with Crippen molar-refractivity contribution in [2.45, 2.75) is 6.42 Å². The first kappa shape index (κ1) is 10.7. The van der Waals surface area contributed by atoms with Crippen molar-refractivity contribution in [3.63, 3.8) is 0 Å². The number of hydrogen-bond donors (Lipinski definition) is 1. The lowest BCUT2D eigenvalue weighted by atomic mass is 10.1. The van der Waals surface area contributed by atoms with Gasteiger partial charge in [0.25, 0.3) is 0 Å². The van der Waals surface area contributed by atoms with Crippen LogP contribution in [0.1, 0.15) is 11.3 Å². The number of benzene rings is 1. The Balaban J connectivity index is 2.03. The highest BCUT2D eigenvalue weighted by molar-refractivity contribution is 5.90. The monoisotopic (exact) mass is 235 g/mol. The third-order valence-electron chi connectivity index (χ3n) is 2.91. The zero-order chi connectivity index (χ0) is 12.4. The molecular formula is C15H13N3. The van der Waals surface area contributed by atoms with Crippen molar-refractivity contribution in [1.29, 1.82) is 0 Å². The number of nitrogens with two attached hydrogens (primary N) is 1. The van der Waals surface area contributed by atoms with E-state index >= 15 is 0 Å². The maximum Gasteiger partial charge on any atom is 0.0726 e. The van der Waals surface area contributed by atoms with Crippen LogP contribution in [0.4, 0.5) is 5.69 Å². The lowest BCUT2D eigenvalue weighted by Gasteiger charge is -2.06. The van der Waals surface area contributed by atoms with Crippen LogP contribution in [0, 0.1) is 0 Å². The molecule has 0 aliphatic rings. The zero-order valence-corrected chi connectivity index (χ0v) is 9.88. The van der Waals surface area contributed by atoms with Gasteiger partial charge in [-0.25, -0.2) is 0 Å². The van der Waals surface area contributed by atoms with E-state index in [2.05, 4.69) is 9.97 Å². The molecule has 0 saturated carbocycles. The lowest BCUT2D eigenvalue weighted by molar-refractivity contribution is 1.08. The van der Waals surface area contributed by atoms with Crippen LogP contribution in [0.25, 0.3) is 10.9 Å². The van der Waals surface area contributed by atoms with Crippen molar-refractivity contribution in [3.05, 3.63) is 66.1 Å². The van der Waals surface area contributed by atoms with E-state index in [-0.39, 0.29) is 0 Å². The molecule has 0 saturated heterocycles. The molecule has 3 heteroatoms. The maximum atomic E-state index is 6.06. The molecule has 0 aliphatic heterocycles. The molecule has 0 aliphatic carbocycles.